The number of rotatable bonds is 7. The summed E-state index contributed by atoms with van der Waals surface area (Å²) in [4.78, 5) is 12.6. The molecule has 4 rings (SSSR count). The zero-order chi connectivity index (χ0) is 23.4. The van der Waals surface area contributed by atoms with Crippen LogP contribution < -0.4 is 4.31 Å². The average molecular weight is 463 g/mol. The number of amides is 1. The van der Waals surface area contributed by atoms with Gasteiger partial charge in [0.2, 0.25) is 0 Å². The highest BCUT2D eigenvalue weighted by atomic mass is 32.2. The third-order valence-corrected chi connectivity index (χ3v) is 6.84. The number of carbonyl (C=O) groups is 1. The van der Waals surface area contributed by atoms with E-state index in [1.165, 1.54) is 19.2 Å². The fourth-order valence-electron chi connectivity index (χ4n) is 3.57. The zero-order valence-corrected chi connectivity index (χ0v) is 19.0. The molecule has 0 aliphatic carbocycles. The predicted octanol–water partition coefficient (Wildman–Crippen LogP) is 4.69. The molecular weight excluding hydrogens is 440 g/mol. The first-order valence-electron chi connectivity index (χ1n) is 10.2. The zero-order valence-electron chi connectivity index (χ0n) is 18.1. The van der Waals surface area contributed by atoms with Gasteiger partial charge in [0.1, 0.15) is 18.1 Å². The lowest BCUT2D eigenvalue weighted by molar-refractivity contribution is -0.120. The molecule has 0 saturated heterocycles. The number of anilines is 1. The second-order valence-corrected chi connectivity index (χ2v) is 9.07. The van der Waals surface area contributed by atoms with E-state index in [0.29, 0.717) is 11.5 Å². The fraction of sp³-hybridized carbons (Fsp3) is 0.120. The molecule has 8 heteroatoms. The maximum Gasteiger partial charge on any atom is 0.270 e. The quantitative estimate of drug-likeness (QED) is 0.396. The monoisotopic (exact) mass is 462 g/mol. The molecule has 4 aromatic rings. The Hall–Kier alpha value is -3.75. The molecule has 0 N–H and O–H groups in total. The first kappa shape index (κ1) is 22.4. The number of nitrogens with zero attached hydrogens (tertiary/aromatic N) is 2. The second-order valence-electron chi connectivity index (χ2n) is 7.28. The van der Waals surface area contributed by atoms with Crippen LogP contribution in [0, 0.1) is 6.92 Å². The lowest BCUT2D eigenvalue weighted by Crippen LogP contribution is -2.39. The number of hydrogen-bond donors (Lipinski definition) is 0. The van der Waals surface area contributed by atoms with Crippen LogP contribution in [0.25, 0.3) is 22.4 Å². The van der Waals surface area contributed by atoms with Crippen molar-refractivity contribution in [3.63, 3.8) is 0 Å². The van der Waals surface area contributed by atoms with Crippen LogP contribution in [-0.2, 0) is 19.6 Å². The molecule has 0 aliphatic rings. The summed E-state index contributed by atoms with van der Waals surface area (Å²) in [6, 6.07) is 24.1. The van der Waals surface area contributed by atoms with Gasteiger partial charge < -0.3 is 9.26 Å². The van der Waals surface area contributed by atoms with E-state index in [-0.39, 0.29) is 17.2 Å². The minimum absolute atomic E-state index is 0.0186. The van der Waals surface area contributed by atoms with Crippen molar-refractivity contribution in [1.82, 2.24) is 5.16 Å². The number of aryl methyl sites for hydroxylation is 1. The SMILES string of the molecule is COCC(=O)N(c1ccccc1)S(=O)(=O)c1ccc(-c2c(-c3ccccc3)noc2C)cc1. The summed E-state index contributed by atoms with van der Waals surface area (Å²) in [5.41, 5.74) is 3.33. The van der Waals surface area contributed by atoms with Gasteiger partial charge in [0, 0.05) is 12.7 Å². The maximum absolute atomic E-state index is 13.4. The number of carbonyl (C=O) groups excluding carboxylic acids is 1. The first-order chi connectivity index (χ1) is 15.9. The highest BCUT2D eigenvalue weighted by Crippen LogP contribution is 2.35. The predicted molar refractivity (Wildman–Crippen MR) is 125 cm³/mol. The number of benzene rings is 3. The maximum atomic E-state index is 13.4. The van der Waals surface area contributed by atoms with E-state index in [9.17, 15) is 13.2 Å². The van der Waals surface area contributed by atoms with Gasteiger partial charge in [-0.2, -0.15) is 0 Å². The molecule has 33 heavy (non-hydrogen) atoms. The van der Waals surface area contributed by atoms with Crippen LogP contribution in [0.15, 0.2) is 94.3 Å². The van der Waals surface area contributed by atoms with Crippen molar-refractivity contribution >= 4 is 21.6 Å². The Kier molecular flexibility index (Phi) is 6.39. The standard InChI is InChI=1S/C25H22N2O5S/c1-18-24(25(26-32-18)20-9-5-3-6-10-20)19-13-15-22(16-14-19)33(29,30)27(23(28)17-31-2)21-11-7-4-8-12-21/h3-16H,17H2,1-2H3. The molecule has 168 valence electrons. The highest BCUT2D eigenvalue weighted by Gasteiger charge is 2.31. The molecular formula is C25H22N2O5S. The van der Waals surface area contributed by atoms with Gasteiger partial charge in [-0.3, -0.25) is 4.79 Å². The molecule has 1 aromatic heterocycles. The molecule has 1 amide bonds. The van der Waals surface area contributed by atoms with Crippen molar-refractivity contribution in [3.05, 3.63) is 90.7 Å². The van der Waals surface area contributed by atoms with Crippen LogP contribution in [-0.4, -0.2) is 33.2 Å². The van der Waals surface area contributed by atoms with Gasteiger partial charge in [0.25, 0.3) is 15.9 Å². The van der Waals surface area contributed by atoms with E-state index in [0.717, 1.165) is 21.0 Å². The lowest BCUT2D eigenvalue weighted by Gasteiger charge is -2.22. The smallest absolute Gasteiger partial charge is 0.270 e. The van der Waals surface area contributed by atoms with Gasteiger partial charge in [0.15, 0.2) is 0 Å². The van der Waals surface area contributed by atoms with E-state index in [1.54, 1.807) is 49.4 Å². The summed E-state index contributed by atoms with van der Waals surface area (Å²) in [7, 11) is -2.83. The molecule has 0 spiro atoms. The molecule has 0 bridgehead atoms. The molecule has 0 fully saturated rings. The summed E-state index contributed by atoms with van der Waals surface area (Å²) in [6.45, 7) is 1.44. The van der Waals surface area contributed by atoms with Crippen LogP contribution >= 0.6 is 0 Å². The summed E-state index contributed by atoms with van der Waals surface area (Å²) >= 11 is 0. The molecule has 0 aliphatic heterocycles. The van der Waals surface area contributed by atoms with Crippen molar-refractivity contribution < 1.29 is 22.5 Å². The summed E-state index contributed by atoms with van der Waals surface area (Å²) < 4.78 is 37.9. The number of ether oxygens (including phenoxy) is 1. The van der Waals surface area contributed by atoms with Crippen LogP contribution in [0.2, 0.25) is 0 Å². The van der Waals surface area contributed by atoms with Crippen LogP contribution in [0.3, 0.4) is 0 Å². The first-order valence-corrected chi connectivity index (χ1v) is 11.6. The Morgan fingerprint density at radius 2 is 1.52 bits per heavy atom. The third-order valence-electron chi connectivity index (χ3n) is 5.08. The Balaban J connectivity index is 1.74. The van der Waals surface area contributed by atoms with Crippen molar-refractivity contribution in [2.45, 2.75) is 11.8 Å². The number of hydrogen-bond acceptors (Lipinski definition) is 6. The van der Waals surface area contributed by atoms with E-state index in [2.05, 4.69) is 5.16 Å². The Morgan fingerprint density at radius 3 is 2.12 bits per heavy atom. The van der Waals surface area contributed by atoms with Gasteiger partial charge in [-0.1, -0.05) is 65.8 Å². The number of para-hydroxylation sites is 1. The molecule has 0 atom stereocenters. The highest BCUT2D eigenvalue weighted by molar-refractivity contribution is 7.93. The number of methoxy groups -OCH3 is 1. The number of sulfonamides is 1. The van der Waals surface area contributed by atoms with Crippen molar-refractivity contribution in [3.8, 4) is 22.4 Å². The molecule has 0 saturated carbocycles. The van der Waals surface area contributed by atoms with Crippen molar-refractivity contribution in [1.29, 1.82) is 0 Å². The van der Waals surface area contributed by atoms with Crippen molar-refractivity contribution in [2.24, 2.45) is 0 Å². The third kappa shape index (κ3) is 4.44. The molecule has 0 radical (unpaired) electrons. The minimum Gasteiger partial charge on any atom is -0.375 e. The van der Waals surface area contributed by atoms with E-state index < -0.39 is 15.9 Å². The van der Waals surface area contributed by atoms with Crippen LogP contribution in [0.1, 0.15) is 5.76 Å². The summed E-state index contributed by atoms with van der Waals surface area (Å²) in [5, 5.41) is 4.19. The van der Waals surface area contributed by atoms with Crippen LogP contribution in [0.5, 0.6) is 0 Å². The summed E-state index contributed by atoms with van der Waals surface area (Å²) in [6.07, 6.45) is 0. The molecule has 3 aromatic carbocycles. The number of aromatic nitrogens is 1. The van der Waals surface area contributed by atoms with Gasteiger partial charge in [0.05, 0.1) is 16.1 Å². The Bertz CT molecular complexity index is 1350. The van der Waals surface area contributed by atoms with Gasteiger partial charge in [-0.15, -0.1) is 0 Å². The fourth-order valence-corrected chi connectivity index (χ4v) is 4.98. The van der Waals surface area contributed by atoms with E-state index in [4.69, 9.17) is 9.26 Å². The van der Waals surface area contributed by atoms with E-state index in [1.807, 2.05) is 30.3 Å². The normalized spacial score (nSPS) is 11.3. The van der Waals surface area contributed by atoms with E-state index >= 15 is 0 Å². The second kappa shape index (κ2) is 9.40. The molecule has 1 heterocycles. The average Bonchev–Trinajstić information content (AvgIpc) is 3.22. The van der Waals surface area contributed by atoms with Crippen LogP contribution in [0.4, 0.5) is 5.69 Å². The Morgan fingerprint density at radius 1 is 0.909 bits per heavy atom. The van der Waals surface area contributed by atoms with Gasteiger partial charge >= 0.3 is 0 Å². The topological polar surface area (TPSA) is 89.7 Å². The van der Waals surface area contributed by atoms with Crippen molar-refractivity contribution in [2.75, 3.05) is 18.0 Å². The molecule has 7 nitrogen and oxygen atoms in total. The van der Waals surface area contributed by atoms with Gasteiger partial charge in [-0.25, -0.2) is 12.7 Å². The Labute approximate surface area is 192 Å². The minimum atomic E-state index is -4.17. The van der Waals surface area contributed by atoms with Gasteiger partial charge in [-0.05, 0) is 36.8 Å². The summed E-state index contributed by atoms with van der Waals surface area (Å²) in [5.74, 6) is -0.0698. The lowest BCUT2D eigenvalue weighted by atomic mass is 10.00. The molecule has 0 unspecified atom stereocenters. The largest absolute Gasteiger partial charge is 0.375 e.